The fourth-order valence-electron chi connectivity index (χ4n) is 2.96. The average Bonchev–Trinajstić information content (AvgIpc) is 2.83. The maximum Gasteiger partial charge on any atom is 0.322 e. The van der Waals surface area contributed by atoms with Crippen LogP contribution in [0.4, 0.5) is 17.6 Å². The van der Waals surface area contributed by atoms with Gasteiger partial charge < -0.3 is 9.64 Å². The molecule has 0 unspecified atom stereocenters. The zero-order valence-corrected chi connectivity index (χ0v) is 20.8. The minimum atomic E-state index is -3.14. The van der Waals surface area contributed by atoms with Gasteiger partial charge in [0.05, 0.1) is 7.11 Å². The van der Waals surface area contributed by atoms with Crippen molar-refractivity contribution < 1.29 is 41.5 Å². The number of esters is 1. The highest BCUT2D eigenvalue weighted by molar-refractivity contribution is 6.03. The van der Waals surface area contributed by atoms with Gasteiger partial charge in [0.1, 0.15) is 0 Å². The molecular formula is C26H31F4NO5. The Hall–Kier alpha value is -3.56. The smallest absolute Gasteiger partial charge is 0.322 e. The van der Waals surface area contributed by atoms with Crippen LogP contribution in [0.2, 0.25) is 0 Å². The van der Waals surface area contributed by atoms with Crippen molar-refractivity contribution in [3.63, 3.8) is 0 Å². The molecule has 0 heterocycles. The highest BCUT2D eigenvalue weighted by atomic mass is 19.3. The third-order valence-electron chi connectivity index (χ3n) is 4.50. The number of aldehydes is 2. The molecular weight excluding hydrogens is 482 g/mol. The summed E-state index contributed by atoms with van der Waals surface area (Å²) in [5.74, 6) is -7.03. The second-order valence-corrected chi connectivity index (χ2v) is 8.25. The summed E-state index contributed by atoms with van der Waals surface area (Å²) < 4.78 is 49.4. The topological polar surface area (TPSA) is 80.8 Å². The van der Waals surface area contributed by atoms with Crippen LogP contribution in [0.1, 0.15) is 25.0 Å². The van der Waals surface area contributed by atoms with E-state index < -0.39 is 35.8 Å². The monoisotopic (exact) mass is 513 g/mol. The van der Waals surface area contributed by atoms with Gasteiger partial charge in [0.15, 0.2) is 18.0 Å². The molecule has 2 aromatic carbocycles. The number of benzene rings is 2. The lowest BCUT2D eigenvalue weighted by Crippen LogP contribution is -2.49. The number of methoxy groups -OCH3 is 1. The van der Waals surface area contributed by atoms with Gasteiger partial charge in [-0.3, -0.25) is 19.2 Å². The van der Waals surface area contributed by atoms with Crippen LogP contribution in [0.25, 0.3) is 0 Å². The molecule has 0 aliphatic rings. The van der Waals surface area contributed by atoms with Gasteiger partial charge in [-0.15, -0.1) is 0 Å². The van der Waals surface area contributed by atoms with Crippen LogP contribution in [-0.2, 0) is 36.8 Å². The Kier molecular flexibility index (Phi) is 13.3. The fraction of sp³-hybridized carbons (Fsp3) is 0.385. The Labute approximate surface area is 208 Å². The van der Waals surface area contributed by atoms with Crippen LogP contribution in [0.15, 0.2) is 60.7 Å². The molecule has 0 aliphatic carbocycles. The van der Waals surface area contributed by atoms with Crippen LogP contribution in [0.3, 0.4) is 0 Å². The molecule has 6 nitrogen and oxygen atoms in total. The van der Waals surface area contributed by atoms with E-state index in [1.165, 1.54) is 12.0 Å². The van der Waals surface area contributed by atoms with E-state index in [-0.39, 0.29) is 5.91 Å². The Morgan fingerprint density at radius 2 is 1.08 bits per heavy atom. The Bertz CT molecular complexity index is 896. The van der Waals surface area contributed by atoms with Crippen molar-refractivity contribution in [2.24, 2.45) is 5.41 Å². The lowest BCUT2D eigenvalue weighted by atomic mass is 9.75. The third kappa shape index (κ3) is 12.2. The lowest BCUT2D eigenvalue weighted by molar-refractivity contribution is -0.162. The summed E-state index contributed by atoms with van der Waals surface area (Å²) >= 11 is 0. The fourth-order valence-corrected chi connectivity index (χ4v) is 2.96. The zero-order valence-electron chi connectivity index (χ0n) is 20.8. The van der Waals surface area contributed by atoms with Gasteiger partial charge in [-0.1, -0.05) is 60.7 Å². The average molecular weight is 514 g/mol. The standard InChI is InChI=1S/C20H23NO3.2C3H4F2O/c1-21(2)18(22)20(19(23)24-3,14-16-10-6-4-7-11-16)15-17-12-8-5-9-13-17;2*1-3(4,5)2-6/h4-13H,14-15H2,1-3H3;2*2H,1H3. The van der Waals surface area contributed by atoms with Crippen LogP contribution in [0.5, 0.6) is 0 Å². The molecule has 0 fully saturated rings. The summed E-state index contributed by atoms with van der Waals surface area (Å²) in [5, 5.41) is 0. The van der Waals surface area contributed by atoms with Gasteiger partial charge in [0.25, 0.3) is 11.8 Å². The Balaban J connectivity index is 0.000000846. The maximum atomic E-state index is 13.0. The van der Waals surface area contributed by atoms with Crippen LogP contribution < -0.4 is 0 Å². The van der Waals surface area contributed by atoms with Crippen molar-refractivity contribution in [3.8, 4) is 0 Å². The van der Waals surface area contributed by atoms with Crippen molar-refractivity contribution in [2.75, 3.05) is 21.2 Å². The summed E-state index contributed by atoms with van der Waals surface area (Å²) in [7, 11) is 4.65. The van der Waals surface area contributed by atoms with Crippen molar-refractivity contribution in [2.45, 2.75) is 38.5 Å². The largest absolute Gasteiger partial charge is 0.468 e. The molecule has 0 bridgehead atoms. The third-order valence-corrected chi connectivity index (χ3v) is 4.50. The second-order valence-electron chi connectivity index (χ2n) is 8.25. The van der Waals surface area contributed by atoms with Gasteiger partial charge in [-0.25, -0.2) is 0 Å². The van der Waals surface area contributed by atoms with E-state index in [0.29, 0.717) is 26.7 Å². The van der Waals surface area contributed by atoms with Crippen LogP contribution in [0, 0.1) is 5.41 Å². The minimum Gasteiger partial charge on any atom is -0.468 e. The first-order valence-electron chi connectivity index (χ1n) is 10.7. The second kappa shape index (κ2) is 14.8. The number of nitrogens with zero attached hydrogens (tertiary/aromatic N) is 1. The molecule has 0 spiro atoms. The zero-order chi connectivity index (χ0) is 28.0. The van der Waals surface area contributed by atoms with Gasteiger partial charge in [0, 0.05) is 27.9 Å². The molecule has 0 saturated heterocycles. The molecule has 0 aliphatic heterocycles. The minimum absolute atomic E-state index is 0.248. The van der Waals surface area contributed by atoms with E-state index in [4.69, 9.17) is 14.3 Å². The number of hydrogen-bond acceptors (Lipinski definition) is 5. The molecule has 0 aromatic heterocycles. The first-order chi connectivity index (χ1) is 16.6. The maximum absolute atomic E-state index is 13.0. The Morgan fingerprint density at radius 3 is 1.31 bits per heavy atom. The number of ether oxygens (including phenoxy) is 1. The van der Waals surface area contributed by atoms with Gasteiger partial charge in [0.2, 0.25) is 5.91 Å². The molecule has 1 amide bonds. The number of halogens is 4. The van der Waals surface area contributed by atoms with Crippen molar-refractivity contribution in [1.82, 2.24) is 4.90 Å². The number of alkyl halides is 4. The first kappa shape index (κ1) is 32.4. The molecule has 2 rings (SSSR count). The molecule has 36 heavy (non-hydrogen) atoms. The number of carbonyl (C=O) groups excluding carboxylic acids is 4. The van der Waals surface area contributed by atoms with E-state index >= 15 is 0 Å². The quantitative estimate of drug-likeness (QED) is 0.226. The van der Waals surface area contributed by atoms with E-state index in [0.717, 1.165) is 11.1 Å². The van der Waals surface area contributed by atoms with Crippen molar-refractivity contribution in [3.05, 3.63) is 71.8 Å². The summed E-state index contributed by atoms with van der Waals surface area (Å²) in [6.45, 7) is 1.08. The summed E-state index contributed by atoms with van der Waals surface area (Å²) in [5.41, 5.74) is 0.573. The predicted molar refractivity (Wildman–Crippen MR) is 127 cm³/mol. The normalized spacial score (nSPS) is 11.0. The van der Waals surface area contributed by atoms with E-state index in [2.05, 4.69) is 0 Å². The van der Waals surface area contributed by atoms with E-state index in [1.807, 2.05) is 60.7 Å². The van der Waals surface area contributed by atoms with Crippen LogP contribution in [-0.4, -0.2) is 62.4 Å². The highest BCUT2D eigenvalue weighted by Crippen LogP contribution is 2.32. The lowest BCUT2D eigenvalue weighted by Gasteiger charge is -2.32. The summed E-state index contributed by atoms with van der Waals surface area (Å²) in [4.78, 5) is 45.3. The molecule has 2 aromatic rings. The number of carbonyl (C=O) groups is 4. The highest BCUT2D eigenvalue weighted by Gasteiger charge is 2.48. The van der Waals surface area contributed by atoms with Gasteiger partial charge in [-0.2, -0.15) is 17.6 Å². The van der Waals surface area contributed by atoms with Crippen LogP contribution >= 0.6 is 0 Å². The molecule has 10 heteroatoms. The summed E-state index contributed by atoms with van der Waals surface area (Å²) in [6, 6.07) is 19.1. The Morgan fingerprint density at radius 1 is 0.778 bits per heavy atom. The molecule has 0 N–H and O–H groups in total. The molecule has 0 saturated carbocycles. The molecule has 198 valence electrons. The molecule has 0 atom stereocenters. The van der Waals surface area contributed by atoms with Crippen molar-refractivity contribution >= 4 is 24.4 Å². The van der Waals surface area contributed by atoms with Gasteiger partial charge >= 0.3 is 5.97 Å². The first-order valence-corrected chi connectivity index (χ1v) is 10.7. The molecule has 0 radical (unpaired) electrons. The number of hydrogen-bond donors (Lipinski definition) is 0. The van der Waals surface area contributed by atoms with E-state index in [9.17, 15) is 27.2 Å². The van der Waals surface area contributed by atoms with Gasteiger partial charge in [-0.05, 0) is 24.0 Å². The summed E-state index contributed by atoms with van der Waals surface area (Å²) in [6.07, 6.45) is -0.196. The van der Waals surface area contributed by atoms with E-state index in [1.54, 1.807) is 14.1 Å². The number of rotatable bonds is 8. The SMILES string of the molecule is CC(F)(F)C=O.CC(F)(F)C=O.COC(=O)C(Cc1ccccc1)(Cc1ccccc1)C(=O)N(C)C. The predicted octanol–water partition coefficient (Wildman–Crippen LogP) is 4.40. The van der Waals surface area contributed by atoms with Crippen molar-refractivity contribution in [1.29, 1.82) is 0 Å². The number of amides is 1.